The molecule has 0 spiro atoms. The van der Waals surface area contributed by atoms with Crippen LogP contribution < -0.4 is 5.32 Å². The SMILES string of the molecule is Cc1ccc(CCc2nc3c(c(-c4ccc(C(=O)N[C@H]5CCc6ncccc65)s4)c2-c2nnc(C)o2)C(=O)N2CCC[C@@H]32)nc1. The van der Waals surface area contributed by atoms with E-state index in [-0.39, 0.29) is 23.9 Å². The highest BCUT2D eigenvalue weighted by atomic mass is 32.1. The minimum atomic E-state index is -0.147. The topological polar surface area (TPSA) is 127 Å². The summed E-state index contributed by atoms with van der Waals surface area (Å²) >= 11 is 1.37. The van der Waals surface area contributed by atoms with Crippen LogP contribution in [0.2, 0.25) is 0 Å². The Morgan fingerprint density at radius 2 is 1.96 bits per heavy atom. The summed E-state index contributed by atoms with van der Waals surface area (Å²) in [4.78, 5) is 45.1. The van der Waals surface area contributed by atoms with Crippen LogP contribution in [0.5, 0.6) is 0 Å². The number of fused-ring (bicyclic) bond motifs is 4. The Balaban J connectivity index is 1.23. The third-order valence-electron chi connectivity index (χ3n) is 9.03. The maximum atomic E-state index is 14.0. The van der Waals surface area contributed by atoms with Gasteiger partial charge in [0.25, 0.3) is 11.8 Å². The van der Waals surface area contributed by atoms with Crippen LogP contribution in [-0.4, -0.2) is 48.4 Å². The number of amides is 2. The van der Waals surface area contributed by atoms with Crippen molar-refractivity contribution < 1.29 is 14.0 Å². The first-order chi connectivity index (χ1) is 21.9. The summed E-state index contributed by atoms with van der Waals surface area (Å²) < 4.78 is 6.02. The summed E-state index contributed by atoms with van der Waals surface area (Å²) in [5, 5.41) is 11.7. The molecule has 0 unspecified atom stereocenters. The van der Waals surface area contributed by atoms with E-state index < -0.39 is 0 Å². The van der Waals surface area contributed by atoms with Gasteiger partial charge in [0.1, 0.15) is 0 Å². The lowest BCUT2D eigenvalue weighted by Gasteiger charge is -2.16. The molecule has 7 heterocycles. The molecule has 2 amide bonds. The van der Waals surface area contributed by atoms with E-state index in [2.05, 4.69) is 31.5 Å². The highest BCUT2D eigenvalue weighted by molar-refractivity contribution is 7.17. The number of rotatable bonds is 7. The van der Waals surface area contributed by atoms with Gasteiger partial charge >= 0.3 is 0 Å². The molecule has 2 aliphatic heterocycles. The van der Waals surface area contributed by atoms with Gasteiger partial charge in [0, 0.05) is 47.7 Å². The van der Waals surface area contributed by atoms with Gasteiger partial charge in [0.05, 0.1) is 39.5 Å². The Hall–Kier alpha value is -4.77. The highest BCUT2D eigenvalue weighted by Crippen LogP contribution is 2.49. The monoisotopic (exact) mass is 617 g/mol. The summed E-state index contributed by atoms with van der Waals surface area (Å²) in [5.41, 5.74) is 7.69. The van der Waals surface area contributed by atoms with Crippen molar-refractivity contribution in [3.05, 3.63) is 99.0 Å². The maximum Gasteiger partial charge on any atom is 0.261 e. The van der Waals surface area contributed by atoms with E-state index in [1.54, 1.807) is 13.1 Å². The summed E-state index contributed by atoms with van der Waals surface area (Å²) in [5.74, 6) is 0.561. The van der Waals surface area contributed by atoms with Gasteiger partial charge in [-0.15, -0.1) is 21.5 Å². The van der Waals surface area contributed by atoms with Crippen molar-refractivity contribution in [1.29, 1.82) is 0 Å². The smallest absolute Gasteiger partial charge is 0.261 e. The molecule has 2 atom stereocenters. The van der Waals surface area contributed by atoms with Gasteiger partial charge in [-0.05, 0) is 80.8 Å². The Morgan fingerprint density at radius 1 is 1.04 bits per heavy atom. The number of hydrogen-bond acceptors (Lipinski definition) is 9. The van der Waals surface area contributed by atoms with Crippen molar-refractivity contribution >= 4 is 23.2 Å². The average Bonchev–Trinajstić information content (AvgIpc) is 3.88. The zero-order valence-electron chi connectivity index (χ0n) is 25.0. The molecule has 0 bridgehead atoms. The lowest BCUT2D eigenvalue weighted by Crippen LogP contribution is -2.26. The summed E-state index contributed by atoms with van der Waals surface area (Å²) in [6.45, 7) is 4.47. The summed E-state index contributed by atoms with van der Waals surface area (Å²) in [6.07, 6.45) is 8.37. The Labute approximate surface area is 264 Å². The number of carbonyl (C=O) groups is 2. The van der Waals surface area contributed by atoms with Crippen LogP contribution in [0.4, 0.5) is 0 Å². The van der Waals surface area contributed by atoms with Crippen molar-refractivity contribution in [2.75, 3.05) is 6.54 Å². The fourth-order valence-corrected chi connectivity index (χ4v) is 7.85. The fourth-order valence-electron chi connectivity index (χ4n) is 6.88. The largest absolute Gasteiger partial charge is 0.421 e. The van der Waals surface area contributed by atoms with Gasteiger partial charge in [-0.1, -0.05) is 12.1 Å². The van der Waals surface area contributed by atoms with Crippen LogP contribution in [0.1, 0.15) is 91.2 Å². The molecular formula is C34H31N7O3S. The number of carbonyl (C=O) groups excluding carboxylic acids is 2. The molecule has 1 aliphatic carbocycles. The van der Waals surface area contributed by atoms with Crippen molar-refractivity contribution in [1.82, 2.24) is 35.4 Å². The normalized spacial score (nSPS) is 18.3. The first kappa shape index (κ1) is 27.8. The van der Waals surface area contributed by atoms with Gasteiger partial charge in [-0.2, -0.15) is 0 Å². The van der Waals surface area contributed by atoms with Crippen molar-refractivity contribution in [2.45, 2.75) is 64.5 Å². The zero-order valence-corrected chi connectivity index (χ0v) is 25.9. The molecule has 5 aromatic heterocycles. The van der Waals surface area contributed by atoms with E-state index in [4.69, 9.17) is 9.40 Å². The second kappa shape index (κ2) is 11.0. The number of thiophene rings is 1. The van der Waals surface area contributed by atoms with Gasteiger partial charge in [0.15, 0.2) is 0 Å². The Morgan fingerprint density at radius 3 is 2.78 bits per heavy atom. The zero-order chi connectivity index (χ0) is 30.7. The number of nitrogens with zero attached hydrogens (tertiary/aromatic N) is 6. The lowest BCUT2D eigenvalue weighted by molar-refractivity contribution is 0.0776. The lowest BCUT2D eigenvalue weighted by atomic mass is 9.93. The first-order valence-electron chi connectivity index (χ1n) is 15.4. The van der Waals surface area contributed by atoms with Gasteiger partial charge in [-0.3, -0.25) is 24.5 Å². The van der Waals surface area contributed by atoms with E-state index in [0.717, 1.165) is 70.0 Å². The third kappa shape index (κ3) is 4.82. The molecule has 226 valence electrons. The molecule has 10 nitrogen and oxygen atoms in total. The predicted molar refractivity (Wildman–Crippen MR) is 168 cm³/mol. The second-order valence-corrected chi connectivity index (χ2v) is 13.0. The summed E-state index contributed by atoms with van der Waals surface area (Å²) in [6, 6.07) is 11.7. The minimum absolute atomic E-state index is 0.0336. The molecule has 0 saturated carbocycles. The average molecular weight is 618 g/mol. The first-order valence-corrected chi connectivity index (χ1v) is 16.2. The van der Waals surface area contributed by atoms with Crippen LogP contribution in [0.3, 0.4) is 0 Å². The van der Waals surface area contributed by atoms with Gasteiger partial charge < -0.3 is 14.6 Å². The van der Waals surface area contributed by atoms with Gasteiger partial charge in [0.2, 0.25) is 11.8 Å². The molecular weight excluding hydrogens is 586 g/mol. The number of pyridine rings is 3. The van der Waals surface area contributed by atoms with E-state index in [1.807, 2.05) is 48.4 Å². The van der Waals surface area contributed by atoms with Crippen molar-refractivity contribution in [3.63, 3.8) is 0 Å². The van der Waals surface area contributed by atoms with Crippen molar-refractivity contribution in [3.8, 4) is 21.9 Å². The molecule has 0 radical (unpaired) electrons. The van der Waals surface area contributed by atoms with E-state index in [0.29, 0.717) is 47.2 Å². The van der Waals surface area contributed by atoms with E-state index >= 15 is 0 Å². The Bertz CT molecular complexity index is 1960. The Kier molecular flexibility index (Phi) is 6.78. The van der Waals surface area contributed by atoms with Crippen LogP contribution in [0, 0.1) is 13.8 Å². The predicted octanol–water partition coefficient (Wildman–Crippen LogP) is 5.76. The van der Waals surface area contributed by atoms with Crippen LogP contribution in [0.15, 0.2) is 53.2 Å². The van der Waals surface area contributed by atoms with Crippen molar-refractivity contribution in [2.24, 2.45) is 0 Å². The van der Waals surface area contributed by atoms with E-state index in [9.17, 15) is 9.59 Å². The number of aromatic nitrogens is 5. The highest BCUT2D eigenvalue weighted by Gasteiger charge is 2.45. The number of aryl methyl sites for hydroxylation is 5. The molecule has 1 fully saturated rings. The molecule has 1 saturated heterocycles. The quantitative estimate of drug-likeness (QED) is 0.244. The maximum absolute atomic E-state index is 14.0. The number of hydrogen-bond donors (Lipinski definition) is 1. The standard InChI is InChI=1S/C34H31N7O3S/c1-18-7-8-20(36-17-18)9-10-24-28(33-40-39-19(2)44-33)29(30-31(37-24)25-6-4-16-41(25)34(30)43)26-13-14-27(45-26)32(42)38-23-12-11-22-21(23)5-3-15-35-22/h3,5,7-8,13-15,17,23,25H,4,6,9-12,16H2,1-2H3,(H,38,42)/t23-,25-/m0/s1. The second-order valence-electron chi connectivity index (χ2n) is 11.9. The number of nitrogens with one attached hydrogen (secondary N) is 1. The molecule has 0 aromatic carbocycles. The molecule has 5 aromatic rings. The molecule has 8 rings (SSSR count). The fraction of sp³-hybridized carbons (Fsp3) is 0.324. The van der Waals surface area contributed by atoms with Gasteiger partial charge in [-0.25, -0.2) is 0 Å². The van der Waals surface area contributed by atoms with Crippen LogP contribution >= 0.6 is 11.3 Å². The summed E-state index contributed by atoms with van der Waals surface area (Å²) in [7, 11) is 0. The van der Waals surface area contributed by atoms with E-state index in [1.165, 1.54) is 11.3 Å². The third-order valence-corrected chi connectivity index (χ3v) is 10.1. The minimum Gasteiger partial charge on any atom is -0.421 e. The molecule has 3 aliphatic rings. The molecule has 11 heteroatoms. The van der Waals surface area contributed by atoms with Crippen LogP contribution in [-0.2, 0) is 19.3 Å². The molecule has 1 N–H and O–H groups in total. The van der Waals surface area contributed by atoms with Crippen LogP contribution in [0.25, 0.3) is 21.9 Å². The molecule has 45 heavy (non-hydrogen) atoms.